The van der Waals surface area contributed by atoms with Gasteiger partial charge in [-0.15, -0.1) is 6.42 Å². The van der Waals surface area contributed by atoms with Gasteiger partial charge in [0.2, 0.25) is 0 Å². The van der Waals surface area contributed by atoms with E-state index in [2.05, 4.69) is 5.92 Å². The number of sulfone groups is 1. The van der Waals surface area contributed by atoms with Crippen LogP contribution >= 0.6 is 0 Å². The van der Waals surface area contributed by atoms with E-state index in [1.165, 1.54) is 4.90 Å². The Morgan fingerprint density at radius 3 is 2.58 bits per heavy atom. The van der Waals surface area contributed by atoms with Crippen molar-refractivity contribution < 1.29 is 23.1 Å². The van der Waals surface area contributed by atoms with Gasteiger partial charge >= 0.3 is 12.0 Å². The van der Waals surface area contributed by atoms with Gasteiger partial charge in [0, 0.05) is 13.1 Å². The molecule has 0 bridgehead atoms. The first-order chi connectivity index (χ1) is 8.85. The Hall–Kier alpha value is -1.75. The van der Waals surface area contributed by atoms with Crippen LogP contribution in [0.25, 0.3) is 0 Å². The molecule has 8 heteroatoms. The van der Waals surface area contributed by atoms with Crippen LogP contribution < -0.4 is 0 Å². The minimum atomic E-state index is -3.12. The van der Waals surface area contributed by atoms with Gasteiger partial charge in [0.25, 0.3) is 0 Å². The smallest absolute Gasteiger partial charge is 0.323 e. The van der Waals surface area contributed by atoms with Gasteiger partial charge in [0.15, 0.2) is 9.84 Å². The highest BCUT2D eigenvalue weighted by Gasteiger charge is 2.26. The van der Waals surface area contributed by atoms with Crippen LogP contribution in [0.3, 0.4) is 0 Å². The molecule has 0 aromatic rings. The van der Waals surface area contributed by atoms with Gasteiger partial charge in [-0.25, -0.2) is 13.2 Å². The van der Waals surface area contributed by atoms with Gasteiger partial charge < -0.3 is 14.9 Å². The highest BCUT2D eigenvalue weighted by atomic mass is 32.2. The lowest BCUT2D eigenvalue weighted by molar-refractivity contribution is -0.137. The summed E-state index contributed by atoms with van der Waals surface area (Å²) in [6.07, 6.45) is 5.45. The molecule has 7 nitrogen and oxygen atoms in total. The maximum atomic E-state index is 12.1. The SMILES string of the molecule is C#CCN(CC(=O)O)C(=O)N1CCCS(=O)(=O)CC1. The van der Waals surface area contributed by atoms with Crippen molar-refractivity contribution in [1.29, 1.82) is 0 Å². The second-order valence-electron chi connectivity index (χ2n) is 4.23. The summed E-state index contributed by atoms with van der Waals surface area (Å²) in [5.41, 5.74) is 0. The molecule has 0 radical (unpaired) electrons. The summed E-state index contributed by atoms with van der Waals surface area (Å²) in [5.74, 6) is 1.01. The predicted octanol–water partition coefficient (Wildman–Crippen LogP) is -0.753. The number of nitrogens with zero attached hydrogens (tertiary/aromatic N) is 2. The fraction of sp³-hybridized carbons (Fsp3) is 0.636. The Morgan fingerprint density at radius 1 is 1.32 bits per heavy atom. The average Bonchev–Trinajstić information content (AvgIpc) is 2.48. The zero-order valence-corrected chi connectivity index (χ0v) is 11.2. The quantitative estimate of drug-likeness (QED) is 0.689. The Kier molecular flexibility index (Phi) is 5.18. The Bertz CT molecular complexity index is 494. The van der Waals surface area contributed by atoms with Gasteiger partial charge in [-0.3, -0.25) is 4.79 Å². The lowest BCUT2D eigenvalue weighted by Crippen LogP contribution is -2.46. The molecule has 1 aliphatic rings. The van der Waals surface area contributed by atoms with Crippen LogP contribution in [-0.4, -0.2) is 73.0 Å². The number of carbonyl (C=O) groups excluding carboxylic acids is 1. The summed E-state index contributed by atoms with van der Waals surface area (Å²) >= 11 is 0. The summed E-state index contributed by atoms with van der Waals surface area (Å²) in [5, 5.41) is 8.72. The molecular formula is C11H16N2O5S. The summed E-state index contributed by atoms with van der Waals surface area (Å²) in [7, 11) is -3.12. The topological polar surface area (TPSA) is 95.0 Å². The van der Waals surface area contributed by atoms with Crippen molar-refractivity contribution in [1.82, 2.24) is 9.80 Å². The zero-order valence-electron chi connectivity index (χ0n) is 10.4. The van der Waals surface area contributed by atoms with E-state index in [-0.39, 0.29) is 24.6 Å². The van der Waals surface area contributed by atoms with Crippen molar-refractivity contribution in [3.63, 3.8) is 0 Å². The minimum absolute atomic E-state index is 0.0465. The van der Waals surface area contributed by atoms with Gasteiger partial charge in [-0.1, -0.05) is 5.92 Å². The zero-order chi connectivity index (χ0) is 14.5. The normalized spacial score (nSPS) is 18.2. The van der Waals surface area contributed by atoms with Crippen molar-refractivity contribution in [2.24, 2.45) is 0 Å². The van der Waals surface area contributed by atoms with Gasteiger partial charge in [0.05, 0.1) is 18.1 Å². The molecule has 19 heavy (non-hydrogen) atoms. The second-order valence-corrected chi connectivity index (χ2v) is 6.53. The molecule has 0 aliphatic carbocycles. The van der Waals surface area contributed by atoms with E-state index in [9.17, 15) is 18.0 Å². The number of terminal acetylenes is 1. The fourth-order valence-electron chi connectivity index (χ4n) is 1.79. The van der Waals surface area contributed by atoms with E-state index in [1.807, 2.05) is 0 Å². The minimum Gasteiger partial charge on any atom is -0.480 e. The highest BCUT2D eigenvalue weighted by Crippen LogP contribution is 2.08. The Balaban J connectivity index is 2.74. The van der Waals surface area contributed by atoms with Gasteiger partial charge in [0.1, 0.15) is 6.54 Å². The molecule has 1 aliphatic heterocycles. The van der Waals surface area contributed by atoms with Crippen LogP contribution in [0.5, 0.6) is 0 Å². The summed E-state index contributed by atoms with van der Waals surface area (Å²) < 4.78 is 22.9. The fourth-order valence-corrected chi connectivity index (χ4v) is 3.07. The van der Waals surface area contributed by atoms with Crippen LogP contribution in [0, 0.1) is 12.3 Å². The largest absolute Gasteiger partial charge is 0.480 e. The maximum Gasteiger partial charge on any atom is 0.323 e. The lowest BCUT2D eigenvalue weighted by atomic mass is 10.4. The van der Waals surface area contributed by atoms with E-state index in [0.29, 0.717) is 13.0 Å². The second kappa shape index (κ2) is 6.43. The van der Waals surface area contributed by atoms with Crippen LogP contribution in [0.15, 0.2) is 0 Å². The monoisotopic (exact) mass is 288 g/mol. The maximum absolute atomic E-state index is 12.1. The molecule has 106 valence electrons. The standard InChI is InChI=1S/C11H16N2O5S/c1-2-4-13(9-10(14)15)11(16)12-5-3-7-19(17,18)8-6-12/h1H,3-9H2,(H,14,15). The first-order valence-electron chi connectivity index (χ1n) is 5.75. The van der Waals surface area contributed by atoms with Crippen molar-refractivity contribution in [3.05, 3.63) is 0 Å². The van der Waals surface area contributed by atoms with Crippen molar-refractivity contribution >= 4 is 21.8 Å². The molecule has 0 aromatic carbocycles. The third-order valence-corrected chi connectivity index (χ3v) is 4.42. The molecule has 1 fully saturated rings. The van der Waals surface area contributed by atoms with Crippen molar-refractivity contribution in [3.8, 4) is 12.3 Å². The van der Waals surface area contributed by atoms with E-state index >= 15 is 0 Å². The van der Waals surface area contributed by atoms with Crippen LogP contribution in [0.4, 0.5) is 4.79 Å². The van der Waals surface area contributed by atoms with E-state index < -0.39 is 28.4 Å². The Labute approximate surface area is 112 Å². The molecule has 1 N–H and O–H groups in total. The first kappa shape index (κ1) is 15.3. The molecule has 0 saturated carbocycles. The highest BCUT2D eigenvalue weighted by molar-refractivity contribution is 7.91. The third-order valence-electron chi connectivity index (χ3n) is 2.70. The number of carboxylic acids is 1. The first-order valence-corrected chi connectivity index (χ1v) is 7.57. The number of amides is 2. The summed E-state index contributed by atoms with van der Waals surface area (Å²) in [6, 6.07) is -0.530. The van der Waals surface area contributed by atoms with Crippen LogP contribution in [0.1, 0.15) is 6.42 Å². The molecule has 1 heterocycles. The molecule has 1 saturated heterocycles. The molecule has 0 unspecified atom stereocenters. The molecule has 0 spiro atoms. The molecule has 0 aromatic heterocycles. The molecule has 0 atom stereocenters. The van der Waals surface area contributed by atoms with E-state index in [0.717, 1.165) is 4.90 Å². The van der Waals surface area contributed by atoms with Crippen molar-refractivity contribution in [2.75, 3.05) is 37.7 Å². The number of carboxylic acid groups (broad SMARTS) is 1. The number of aliphatic carboxylic acids is 1. The number of hydrogen-bond acceptors (Lipinski definition) is 4. The third kappa shape index (κ3) is 4.79. The van der Waals surface area contributed by atoms with Crippen LogP contribution in [-0.2, 0) is 14.6 Å². The van der Waals surface area contributed by atoms with Crippen molar-refractivity contribution in [2.45, 2.75) is 6.42 Å². The van der Waals surface area contributed by atoms with Gasteiger partial charge in [-0.2, -0.15) is 0 Å². The average molecular weight is 288 g/mol. The molecule has 1 rings (SSSR count). The predicted molar refractivity (Wildman–Crippen MR) is 68.3 cm³/mol. The number of rotatable bonds is 3. The lowest BCUT2D eigenvalue weighted by Gasteiger charge is -2.27. The van der Waals surface area contributed by atoms with E-state index in [4.69, 9.17) is 11.5 Å². The van der Waals surface area contributed by atoms with E-state index in [1.54, 1.807) is 0 Å². The number of carbonyl (C=O) groups is 2. The van der Waals surface area contributed by atoms with Gasteiger partial charge in [-0.05, 0) is 6.42 Å². The molecule has 2 amide bonds. The Morgan fingerprint density at radius 2 is 2.00 bits per heavy atom. The molecular weight excluding hydrogens is 272 g/mol. The number of hydrogen-bond donors (Lipinski definition) is 1. The summed E-state index contributed by atoms with van der Waals surface area (Å²) in [4.78, 5) is 25.1. The number of urea groups is 1. The summed E-state index contributed by atoms with van der Waals surface area (Å²) in [6.45, 7) is -0.249. The van der Waals surface area contributed by atoms with Crippen LogP contribution in [0.2, 0.25) is 0 Å².